The number of methoxy groups -OCH3 is 1. The van der Waals surface area contributed by atoms with Gasteiger partial charge in [0.1, 0.15) is 5.75 Å². The number of sulfone groups is 1. The molecular weight excluding hydrogens is 440 g/mol. The van der Waals surface area contributed by atoms with Gasteiger partial charge in [0.15, 0.2) is 0 Å². The van der Waals surface area contributed by atoms with Gasteiger partial charge in [0, 0.05) is 30.4 Å². The molecule has 0 saturated carbocycles. The molecule has 0 spiro atoms. The molecule has 28 heavy (non-hydrogen) atoms. The molecule has 2 aromatic heterocycles. The molecule has 0 atom stereocenters. The molecular formula is C21H17BrN2O3S. The first-order valence-corrected chi connectivity index (χ1v) is 10.8. The third kappa shape index (κ3) is 3.10. The summed E-state index contributed by atoms with van der Waals surface area (Å²) in [6.45, 7) is 0. The summed E-state index contributed by atoms with van der Waals surface area (Å²) in [7, 11) is -0.262. The lowest BCUT2D eigenvalue weighted by molar-refractivity contribution is 0.413. The van der Waals surface area contributed by atoms with E-state index in [0.29, 0.717) is 26.8 Å². The van der Waals surface area contributed by atoms with Gasteiger partial charge in [-0.2, -0.15) is 0 Å². The maximum absolute atomic E-state index is 13.4. The van der Waals surface area contributed by atoms with Crippen LogP contribution in [-0.2, 0) is 16.9 Å². The van der Waals surface area contributed by atoms with Crippen LogP contribution in [0.3, 0.4) is 0 Å². The molecule has 0 aliphatic rings. The van der Waals surface area contributed by atoms with Crippen LogP contribution in [-0.4, -0.2) is 25.1 Å². The molecule has 0 fully saturated rings. The Morgan fingerprint density at radius 3 is 2.46 bits per heavy atom. The number of benzene rings is 2. The minimum Gasteiger partial charge on any atom is -0.495 e. The van der Waals surface area contributed by atoms with Gasteiger partial charge in [0.05, 0.1) is 32.6 Å². The van der Waals surface area contributed by atoms with Gasteiger partial charge in [0.2, 0.25) is 9.84 Å². The Kier molecular flexibility index (Phi) is 4.72. The third-order valence-corrected chi connectivity index (χ3v) is 7.11. The van der Waals surface area contributed by atoms with E-state index >= 15 is 0 Å². The summed E-state index contributed by atoms with van der Waals surface area (Å²) in [5, 5.41) is 0.538. The number of aromatic nitrogens is 2. The molecule has 0 N–H and O–H groups in total. The Morgan fingerprint density at radius 1 is 1.07 bits per heavy atom. The normalized spacial score (nSPS) is 11.7. The van der Waals surface area contributed by atoms with E-state index in [1.807, 2.05) is 30.1 Å². The van der Waals surface area contributed by atoms with Crippen molar-refractivity contribution < 1.29 is 13.2 Å². The summed E-state index contributed by atoms with van der Waals surface area (Å²) >= 11 is 3.52. The standard InChI is InChI=1S/C21H17BrN2O3S/c1-24-11-10-14(13-24)17-12-19(28(25,26)15-6-4-3-5-7-15)16-8-9-18(27-2)20(22)21(16)23-17/h3-13H,1-2H3. The molecule has 2 aromatic carbocycles. The van der Waals surface area contributed by atoms with Crippen molar-refractivity contribution >= 4 is 36.7 Å². The highest BCUT2D eigenvalue weighted by Crippen LogP contribution is 2.38. The zero-order valence-electron chi connectivity index (χ0n) is 15.3. The van der Waals surface area contributed by atoms with Crippen molar-refractivity contribution in [1.82, 2.24) is 9.55 Å². The van der Waals surface area contributed by atoms with E-state index in [0.717, 1.165) is 5.56 Å². The fraction of sp³-hybridized carbons (Fsp3) is 0.0952. The topological polar surface area (TPSA) is 61.2 Å². The zero-order valence-corrected chi connectivity index (χ0v) is 17.7. The van der Waals surface area contributed by atoms with Crippen LogP contribution in [0.25, 0.3) is 22.2 Å². The number of hydrogen-bond donors (Lipinski definition) is 0. The second-order valence-electron chi connectivity index (χ2n) is 6.37. The Hall–Kier alpha value is -2.64. The summed E-state index contributed by atoms with van der Waals surface area (Å²) in [5.41, 5.74) is 1.95. The molecule has 0 aliphatic carbocycles. The molecule has 0 saturated heterocycles. The number of nitrogens with zero attached hydrogens (tertiary/aromatic N) is 2. The number of pyridine rings is 1. The minimum absolute atomic E-state index is 0.214. The van der Waals surface area contributed by atoms with Crippen LogP contribution in [0.5, 0.6) is 5.75 Å². The molecule has 0 unspecified atom stereocenters. The van der Waals surface area contributed by atoms with E-state index < -0.39 is 9.84 Å². The molecule has 0 amide bonds. The second kappa shape index (κ2) is 7.07. The fourth-order valence-electron chi connectivity index (χ4n) is 3.12. The van der Waals surface area contributed by atoms with Crippen molar-refractivity contribution in [2.24, 2.45) is 7.05 Å². The molecule has 0 aliphatic heterocycles. The van der Waals surface area contributed by atoms with Gasteiger partial charge in [0.25, 0.3) is 0 Å². The Labute approximate surface area is 171 Å². The van der Waals surface area contributed by atoms with E-state index in [1.165, 1.54) is 0 Å². The first-order valence-electron chi connectivity index (χ1n) is 8.51. The Morgan fingerprint density at radius 2 is 1.82 bits per heavy atom. The van der Waals surface area contributed by atoms with E-state index in [1.54, 1.807) is 55.6 Å². The van der Waals surface area contributed by atoms with Gasteiger partial charge in [-0.15, -0.1) is 0 Å². The number of halogens is 1. The van der Waals surface area contributed by atoms with Gasteiger partial charge < -0.3 is 9.30 Å². The van der Waals surface area contributed by atoms with Gasteiger partial charge in [-0.3, -0.25) is 0 Å². The molecule has 142 valence electrons. The van der Waals surface area contributed by atoms with Crippen LogP contribution >= 0.6 is 15.9 Å². The smallest absolute Gasteiger partial charge is 0.207 e. The maximum atomic E-state index is 13.4. The number of hydrogen-bond acceptors (Lipinski definition) is 4. The summed E-state index contributed by atoms with van der Waals surface area (Å²) in [5.74, 6) is 0.591. The average Bonchev–Trinajstić information content (AvgIpc) is 3.15. The van der Waals surface area contributed by atoms with Crippen LogP contribution in [0.2, 0.25) is 0 Å². The van der Waals surface area contributed by atoms with Crippen LogP contribution in [0.4, 0.5) is 0 Å². The highest BCUT2D eigenvalue weighted by Gasteiger charge is 2.24. The zero-order chi connectivity index (χ0) is 19.9. The minimum atomic E-state index is -3.73. The number of ether oxygens (including phenoxy) is 1. The van der Waals surface area contributed by atoms with Crippen molar-refractivity contribution in [3.8, 4) is 17.0 Å². The summed E-state index contributed by atoms with van der Waals surface area (Å²) in [6.07, 6.45) is 3.80. The first kappa shape index (κ1) is 18.7. The lowest BCUT2D eigenvalue weighted by Gasteiger charge is -2.13. The predicted octanol–water partition coefficient (Wildman–Crippen LogP) is 4.84. The van der Waals surface area contributed by atoms with Crippen molar-refractivity contribution in [2.75, 3.05) is 7.11 Å². The predicted molar refractivity (Wildman–Crippen MR) is 112 cm³/mol. The Bertz CT molecular complexity index is 1280. The van der Waals surface area contributed by atoms with Crippen molar-refractivity contribution in [2.45, 2.75) is 9.79 Å². The van der Waals surface area contributed by atoms with E-state index in [9.17, 15) is 8.42 Å². The van der Waals surface area contributed by atoms with Crippen molar-refractivity contribution in [3.63, 3.8) is 0 Å². The summed E-state index contributed by atoms with van der Waals surface area (Å²) < 4.78 is 34.7. The number of fused-ring (bicyclic) bond motifs is 1. The lowest BCUT2D eigenvalue weighted by atomic mass is 10.1. The highest BCUT2D eigenvalue weighted by atomic mass is 79.9. The van der Waals surface area contributed by atoms with E-state index in [4.69, 9.17) is 9.72 Å². The van der Waals surface area contributed by atoms with Crippen LogP contribution < -0.4 is 4.74 Å². The molecule has 4 rings (SSSR count). The molecule has 0 radical (unpaired) electrons. The van der Waals surface area contributed by atoms with Gasteiger partial charge in [-0.1, -0.05) is 18.2 Å². The average molecular weight is 457 g/mol. The third-order valence-electron chi connectivity index (χ3n) is 4.54. The fourth-order valence-corrected chi connectivity index (χ4v) is 5.20. The molecule has 5 nitrogen and oxygen atoms in total. The Balaban J connectivity index is 2.08. The molecule has 7 heteroatoms. The molecule has 2 heterocycles. The van der Waals surface area contributed by atoms with Crippen LogP contribution in [0.1, 0.15) is 0 Å². The number of aryl methyl sites for hydroxylation is 1. The van der Waals surface area contributed by atoms with E-state index in [2.05, 4.69) is 15.9 Å². The number of rotatable bonds is 4. The second-order valence-corrected chi connectivity index (χ2v) is 9.08. The monoisotopic (exact) mass is 456 g/mol. The first-order chi connectivity index (χ1) is 13.4. The quantitative estimate of drug-likeness (QED) is 0.440. The van der Waals surface area contributed by atoms with Crippen molar-refractivity contribution in [1.29, 1.82) is 0 Å². The van der Waals surface area contributed by atoms with Crippen LogP contribution in [0.15, 0.2) is 81.3 Å². The highest BCUT2D eigenvalue weighted by molar-refractivity contribution is 9.10. The SMILES string of the molecule is COc1ccc2c(S(=O)(=O)c3ccccc3)cc(-c3ccn(C)c3)nc2c1Br. The lowest BCUT2D eigenvalue weighted by Crippen LogP contribution is -2.04. The van der Waals surface area contributed by atoms with Gasteiger partial charge >= 0.3 is 0 Å². The van der Waals surface area contributed by atoms with Crippen LogP contribution in [0, 0.1) is 0 Å². The molecule has 0 bridgehead atoms. The largest absolute Gasteiger partial charge is 0.495 e. The van der Waals surface area contributed by atoms with Gasteiger partial charge in [-0.25, -0.2) is 13.4 Å². The maximum Gasteiger partial charge on any atom is 0.207 e. The van der Waals surface area contributed by atoms with Crippen molar-refractivity contribution in [3.05, 3.63) is 71.5 Å². The summed E-state index contributed by atoms with van der Waals surface area (Å²) in [4.78, 5) is 5.19. The summed E-state index contributed by atoms with van der Waals surface area (Å²) in [6, 6.07) is 15.4. The van der Waals surface area contributed by atoms with E-state index in [-0.39, 0.29) is 9.79 Å². The molecule has 4 aromatic rings. The van der Waals surface area contributed by atoms with Gasteiger partial charge in [-0.05, 0) is 52.3 Å².